The second-order valence-corrected chi connectivity index (χ2v) is 9.32. The van der Waals surface area contributed by atoms with Crippen molar-refractivity contribution < 1.29 is 0 Å². The van der Waals surface area contributed by atoms with Gasteiger partial charge >= 0.3 is 0 Å². The van der Waals surface area contributed by atoms with Crippen molar-refractivity contribution in [1.82, 2.24) is 0 Å². The van der Waals surface area contributed by atoms with Crippen molar-refractivity contribution >= 4 is 0 Å². The first-order valence-corrected chi connectivity index (χ1v) is 9.77. The standard InChI is InChI=1S/C20H32/c1-11-12(2)16-9-15(11)19-17-10-18(20(16)19)14-8-6-4-3-5-7-13(14)17/h11-20H,3-10H2,1-2H3. The van der Waals surface area contributed by atoms with Crippen LogP contribution in [0.5, 0.6) is 0 Å². The van der Waals surface area contributed by atoms with Crippen molar-refractivity contribution in [3.05, 3.63) is 0 Å². The van der Waals surface area contributed by atoms with E-state index < -0.39 is 0 Å². The molecule has 0 heteroatoms. The highest BCUT2D eigenvalue weighted by molar-refractivity contribution is 5.15. The van der Waals surface area contributed by atoms with Crippen molar-refractivity contribution in [3.63, 3.8) is 0 Å². The quantitative estimate of drug-likeness (QED) is 0.520. The smallest absolute Gasteiger partial charge is 0.0318 e. The largest absolute Gasteiger partial charge is 0.0620 e. The number of hydrogen-bond acceptors (Lipinski definition) is 0. The van der Waals surface area contributed by atoms with E-state index in [1.54, 1.807) is 38.5 Å². The summed E-state index contributed by atoms with van der Waals surface area (Å²) in [5.74, 6) is 11.5. The molecule has 0 N–H and O–H groups in total. The van der Waals surface area contributed by atoms with Crippen LogP contribution >= 0.6 is 0 Å². The SMILES string of the molecule is CC1C(C)C2CC1C1C3CC(C4CCCCCCC43)C21. The third-order valence-corrected chi connectivity index (χ3v) is 9.17. The predicted octanol–water partition coefficient (Wildman–Crippen LogP) is 5.38. The van der Waals surface area contributed by atoms with E-state index in [1.165, 1.54) is 48.3 Å². The van der Waals surface area contributed by atoms with Crippen molar-refractivity contribution in [2.24, 2.45) is 59.2 Å². The average Bonchev–Trinajstić information content (AvgIpc) is 3.09. The Morgan fingerprint density at radius 1 is 0.500 bits per heavy atom. The molecule has 5 aliphatic rings. The lowest BCUT2D eigenvalue weighted by molar-refractivity contribution is 0.00415. The molecular formula is C20H32. The van der Waals surface area contributed by atoms with Gasteiger partial charge in [0.2, 0.25) is 0 Å². The fourth-order valence-electron chi connectivity index (χ4n) is 8.47. The fraction of sp³-hybridized carbons (Fsp3) is 1.00. The van der Waals surface area contributed by atoms with Crippen LogP contribution in [0.3, 0.4) is 0 Å². The molecule has 20 heavy (non-hydrogen) atoms. The Morgan fingerprint density at radius 2 is 0.950 bits per heavy atom. The lowest BCUT2D eigenvalue weighted by Crippen LogP contribution is -2.42. The summed E-state index contributed by atoms with van der Waals surface area (Å²) >= 11 is 0. The summed E-state index contributed by atoms with van der Waals surface area (Å²) in [4.78, 5) is 0. The van der Waals surface area contributed by atoms with E-state index in [1.807, 2.05) is 0 Å². The van der Waals surface area contributed by atoms with Gasteiger partial charge in [-0.3, -0.25) is 0 Å². The zero-order valence-electron chi connectivity index (χ0n) is 13.4. The Balaban J connectivity index is 1.47. The molecule has 10 unspecified atom stereocenters. The van der Waals surface area contributed by atoms with Gasteiger partial charge in [0, 0.05) is 0 Å². The number of rotatable bonds is 0. The van der Waals surface area contributed by atoms with E-state index in [0.717, 1.165) is 23.7 Å². The highest BCUT2D eigenvalue weighted by Crippen LogP contribution is 2.73. The number of hydrogen-bond donors (Lipinski definition) is 0. The molecule has 0 aromatic carbocycles. The predicted molar refractivity (Wildman–Crippen MR) is 83.2 cm³/mol. The Bertz CT molecular complexity index is 363. The van der Waals surface area contributed by atoms with Gasteiger partial charge in [0.15, 0.2) is 0 Å². The minimum absolute atomic E-state index is 1.05. The molecule has 0 aromatic heterocycles. The molecule has 5 fully saturated rings. The monoisotopic (exact) mass is 272 g/mol. The maximum atomic E-state index is 2.59. The highest BCUT2D eigenvalue weighted by Gasteiger charge is 2.67. The topological polar surface area (TPSA) is 0 Å². The van der Waals surface area contributed by atoms with Gasteiger partial charge in [0.05, 0.1) is 0 Å². The van der Waals surface area contributed by atoms with Crippen LogP contribution in [-0.4, -0.2) is 0 Å². The van der Waals surface area contributed by atoms with Crippen LogP contribution in [0, 0.1) is 59.2 Å². The number of fused-ring (bicyclic) bond motifs is 12. The zero-order valence-corrected chi connectivity index (χ0v) is 13.4. The molecule has 5 aliphatic carbocycles. The highest BCUT2D eigenvalue weighted by atomic mass is 14.7. The molecule has 4 bridgehead atoms. The van der Waals surface area contributed by atoms with Crippen molar-refractivity contribution in [2.75, 3.05) is 0 Å². The zero-order chi connectivity index (χ0) is 13.4. The molecule has 0 nitrogen and oxygen atoms in total. The maximum Gasteiger partial charge on any atom is -0.0318 e. The van der Waals surface area contributed by atoms with E-state index in [0.29, 0.717) is 0 Å². The van der Waals surface area contributed by atoms with E-state index in [-0.39, 0.29) is 0 Å². The molecule has 5 rings (SSSR count). The summed E-state index contributed by atoms with van der Waals surface area (Å²) in [5.41, 5.74) is 0. The van der Waals surface area contributed by atoms with Crippen LogP contribution < -0.4 is 0 Å². The molecule has 0 aliphatic heterocycles. The normalized spacial score (nSPS) is 63.9. The summed E-state index contributed by atoms with van der Waals surface area (Å²) in [6, 6.07) is 0. The van der Waals surface area contributed by atoms with Crippen LogP contribution in [0.2, 0.25) is 0 Å². The summed E-state index contributed by atoms with van der Waals surface area (Å²) in [7, 11) is 0. The minimum atomic E-state index is 1.05. The van der Waals surface area contributed by atoms with Crippen molar-refractivity contribution in [2.45, 2.75) is 65.2 Å². The van der Waals surface area contributed by atoms with Crippen molar-refractivity contribution in [1.29, 1.82) is 0 Å². The van der Waals surface area contributed by atoms with Gasteiger partial charge in [-0.05, 0) is 84.9 Å². The fourth-order valence-corrected chi connectivity index (χ4v) is 8.47. The molecule has 112 valence electrons. The minimum Gasteiger partial charge on any atom is -0.0620 e. The second-order valence-electron chi connectivity index (χ2n) is 9.32. The Morgan fingerprint density at radius 3 is 1.45 bits per heavy atom. The van der Waals surface area contributed by atoms with E-state index in [9.17, 15) is 0 Å². The van der Waals surface area contributed by atoms with Crippen LogP contribution in [0.15, 0.2) is 0 Å². The van der Waals surface area contributed by atoms with Crippen LogP contribution in [0.25, 0.3) is 0 Å². The second kappa shape index (κ2) is 4.26. The van der Waals surface area contributed by atoms with Crippen LogP contribution in [0.1, 0.15) is 65.2 Å². The third kappa shape index (κ3) is 1.40. The average molecular weight is 272 g/mol. The molecule has 0 heterocycles. The Hall–Kier alpha value is 0. The molecule has 0 amide bonds. The van der Waals surface area contributed by atoms with Gasteiger partial charge in [-0.25, -0.2) is 0 Å². The summed E-state index contributed by atoms with van der Waals surface area (Å²) < 4.78 is 0. The molecular weight excluding hydrogens is 240 g/mol. The van der Waals surface area contributed by atoms with Gasteiger partial charge in [-0.2, -0.15) is 0 Å². The van der Waals surface area contributed by atoms with E-state index in [2.05, 4.69) is 13.8 Å². The van der Waals surface area contributed by atoms with Gasteiger partial charge < -0.3 is 0 Å². The van der Waals surface area contributed by atoms with E-state index in [4.69, 9.17) is 0 Å². The lowest BCUT2D eigenvalue weighted by Gasteiger charge is -2.47. The molecule has 0 saturated heterocycles. The first-order chi connectivity index (χ1) is 9.77. The molecule has 5 saturated carbocycles. The summed E-state index contributed by atoms with van der Waals surface area (Å²) in [5, 5.41) is 0. The molecule has 10 atom stereocenters. The van der Waals surface area contributed by atoms with Gasteiger partial charge in [0.1, 0.15) is 0 Å². The van der Waals surface area contributed by atoms with Crippen LogP contribution in [0.4, 0.5) is 0 Å². The van der Waals surface area contributed by atoms with Gasteiger partial charge in [-0.15, -0.1) is 0 Å². The third-order valence-electron chi connectivity index (χ3n) is 9.17. The molecule has 0 spiro atoms. The van der Waals surface area contributed by atoms with Gasteiger partial charge in [0.25, 0.3) is 0 Å². The van der Waals surface area contributed by atoms with Crippen molar-refractivity contribution in [3.8, 4) is 0 Å². The maximum absolute atomic E-state index is 2.59. The Kier molecular flexibility index (Phi) is 2.67. The summed E-state index contributed by atoms with van der Waals surface area (Å²) in [6.45, 7) is 5.18. The first kappa shape index (κ1) is 12.5. The Labute approximate surface area is 125 Å². The first-order valence-electron chi connectivity index (χ1n) is 9.77. The van der Waals surface area contributed by atoms with Gasteiger partial charge in [-0.1, -0.05) is 39.5 Å². The molecule has 0 radical (unpaired) electrons. The van der Waals surface area contributed by atoms with E-state index >= 15 is 0 Å². The lowest BCUT2D eigenvalue weighted by atomic mass is 9.58. The molecule has 0 aromatic rings. The van der Waals surface area contributed by atoms with Crippen LogP contribution in [-0.2, 0) is 0 Å². The summed E-state index contributed by atoms with van der Waals surface area (Å²) in [6.07, 6.45) is 12.7.